The Kier molecular flexibility index (Phi) is 6.61. The molecule has 3 rings (SSSR count). The molecule has 1 unspecified atom stereocenters. The molecule has 7 nitrogen and oxygen atoms in total. The summed E-state index contributed by atoms with van der Waals surface area (Å²) in [6.45, 7) is -0.292. The van der Waals surface area contributed by atoms with Crippen molar-refractivity contribution in [3.8, 4) is 5.75 Å². The van der Waals surface area contributed by atoms with E-state index in [-0.39, 0.29) is 23.9 Å². The minimum absolute atomic E-state index is 0.0233. The molecule has 0 radical (unpaired) electrons. The minimum atomic E-state index is -0.642. The minimum Gasteiger partial charge on any atom is -0.497 e. The van der Waals surface area contributed by atoms with Crippen LogP contribution in [-0.2, 0) is 19.1 Å². The number of hydrogen-bond donors (Lipinski definition) is 1. The van der Waals surface area contributed by atoms with E-state index in [1.165, 1.54) is 11.0 Å². The van der Waals surface area contributed by atoms with Crippen molar-refractivity contribution in [2.24, 2.45) is 5.92 Å². The molecule has 1 fully saturated rings. The maximum absolute atomic E-state index is 12.3. The summed E-state index contributed by atoms with van der Waals surface area (Å²) in [5.41, 5.74) is 1.03. The molecule has 0 aromatic heterocycles. The fourth-order valence-corrected chi connectivity index (χ4v) is 3.36. The van der Waals surface area contributed by atoms with Crippen molar-refractivity contribution in [1.29, 1.82) is 0 Å². The third-order valence-electron chi connectivity index (χ3n) is 4.39. The van der Waals surface area contributed by atoms with Gasteiger partial charge in [0.15, 0.2) is 6.61 Å². The molecule has 0 bridgehead atoms. The normalized spacial score (nSPS) is 15.9. The van der Waals surface area contributed by atoms with Gasteiger partial charge in [-0.3, -0.25) is 14.4 Å². The molecule has 1 saturated heterocycles. The summed E-state index contributed by atoms with van der Waals surface area (Å²) in [6, 6.07) is 11.6. The van der Waals surface area contributed by atoms with E-state index >= 15 is 0 Å². The van der Waals surface area contributed by atoms with Gasteiger partial charge in [0.05, 0.1) is 23.7 Å². The molecule has 152 valence electrons. The maximum atomic E-state index is 12.3. The number of carbonyl (C=O) groups is 3. The number of amides is 2. The van der Waals surface area contributed by atoms with Crippen molar-refractivity contribution in [3.63, 3.8) is 0 Å². The highest BCUT2D eigenvalue weighted by molar-refractivity contribution is 6.36. The number of carbonyl (C=O) groups excluding carboxylic acids is 3. The summed E-state index contributed by atoms with van der Waals surface area (Å²) < 4.78 is 10.2. The van der Waals surface area contributed by atoms with Gasteiger partial charge in [-0.2, -0.15) is 0 Å². The van der Waals surface area contributed by atoms with E-state index in [1.54, 1.807) is 43.5 Å². The quantitative estimate of drug-likeness (QED) is 0.699. The summed E-state index contributed by atoms with van der Waals surface area (Å²) in [5, 5.41) is 3.25. The van der Waals surface area contributed by atoms with Gasteiger partial charge < -0.3 is 19.7 Å². The van der Waals surface area contributed by atoms with E-state index < -0.39 is 24.4 Å². The lowest BCUT2D eigenvalue weighted by atomic mass is 10.1. The predicted octanol–water partition coefficient (Wildman–Crippen LogP) is 3.54. The van der Waals surface area contributed by atoms with Crippen LogP contribution < -0.4 is 15.0 Å². The summed E-state index contributed by atoms with van der Waals surface area (Å²) in [6.07, 6.45) is 0.0233. The number of esters is 1. The molecule has 2 amide bonds. The molecule has 2 aromatic carbocycles. The van der Waals surface area contributed by atoms with E-state index in [2.05, 4.69) is 5.32 Å². The topological polar surface area (TPSA) is 84.9 Å². The van der Waals surface area contributed by atoms with Gasteiger partial charge >= 0.3 is 5.97 Å². The lowest BCUT2D eigenvalue weighted by Crippen LogP contribution is -2.28. The van der Waals surface area contributed by atoms with Crippen molar-refractivity contribution < 1.29 is 23.9 Å². The number of halogens is 2. The van der Waals surface area contributed by atoms with Gasteiger partial charge in [-0.05, 0) is 42.5 Å². The van der Waals surface area contributed by atoms with Crippen LogP contribution in [0.4, 0.5) is 11.4 Å². The average Bonchev–Trinajstić information content (AvgIpc) is 3.10. The second-order valence-electron chi connectivity index (χ2n) is 6.38. The molecule has 0 saturated carbocycles. The Bertz CT molecular complexity index is 933. The zero-order valence-corrected chi connectivity index (χ0v) is 17.0. The van der Waals surface area contributed by atoms with Gasteiger partial charge in [-0.25, -0.2) is 0 Å². The van der Waals surface area contributed by atoms with E-state index in [0.29, 0.717) is 22.1 Å². The van der Waals surface area contributed by atoms with Crippen LogP contribution in [0.3, 0.4) is 0 Å². The van der Waals surface area contributed by atoms with Crippen LogP contribution in [0.5, 0.6) is 5.75 Å². The first-order valence-corrected chi connectivity index (χ1v) is 9.49. The SMILES string of the molecule is COc1ccc(N2CC(C(=O)OCC(=O)Nc3ccc(Cl)cc3Cl)CC2=O)cc1. The maximum Gasteiger partial charge on any atom is 0.311 e. The van der Waals surface area contributed by atoms with Crippen molar-refractivity contribution in [1.82, 2.24) is 0 Å². The Balaban J connectivity index is 1.52. The van der Waals surface area contributed by atoms with Crippen molar-refractivity contribution in [3.05, 3.63) is 52.5 Å². The molecular weight excluding hydrogens is 419 g/mol. The summed E-state index contributed by atoms with van der Waals surface area (Å²) in [4.78, 5) is 38.1. The van der Waals surface area contributed by atoms with Gasteiger partial charge in [-0.1, -0.05) is 23.2 Å². The zero-order valence-electron chi connectivity index (χ0n) is 15.5. The molecule has 2 aromatic rings. The fraction of sp³-hybridized carbons (Fsp3) is 0.250. The number of anilines is 2. The lowest BCUT2D eigenvalue weighted by Gasteiger charge is -2.17. The molecular formula is C20H18Cl2N2O5. The van der Waals surface area contributed by atoms with E-state index in [0.717, 1.165) is 0 Å². The van der Waals surface area contributed by atoms with Crippen molar-refractivity contribution in [2.75, 3.05) is 30.5 Å². The van der Waals surface area contributed by atoms with Crippen LogP contribution >= 0.6 is 23.2 Å². The number of ether oxygens (including phenoxy) is 2. The predicted molar refractivity (Wildman–Crippen MR) is 110 cm³/mol. The Hall–Kier alpha value is -2.77. The highest BCUT2D eigenvalue weighted by Gasteiger charge is 2.36. The number of nitrogens with one attached hydrogen (secondary N) is 1. The molecule has 0 spiro atoms. The first-order chi connectivity index (χ1) is 13.9. The number of methoxy groups -OCH3 is 1. The van der Waals surface area contributed by atoms with Crippen molar-refractivity contribution >= 4 is 52.4 Å². The molecule has 1 heterocycles. The largest absolute Gasteiger partial charge is 0.497 e. The second kappa shape index (κ2) is 9.15. The van der Waals surface area contributed by atoms with Crippen LogP contribution in [0.2, 0.25) is 10.0 Å². The molecule has 1 atom stereocenters. The third-order valence-corrected chi connectivity index (χ3v) is 4.94. The first-order valence-electron chi connectivity index (χ1n) is 8.73. The second-order valence-corrected chi connectivity index (χ2v) is 7.23. The summed E-state index contributed by atoms with van der Waals surface area (Å²) in [7, 11) is 1.55. The fourth-order valence-electron chi connectivity index (χ4n) is 2.91. The number of benzene rings is 2. The molecule has 29 heavy (non-hydrogen) atoms. The van der Waals surface area contributed by atoms with E-state index in [9.17, 15) is 14.4 Å². The Morgan fingerprint density at radius 2 is 1.90 bits per heavy atom. The Morgan fingerprint density at radius 1 is 1.17 bits per heavy atom. The summed E-state index contributed by atoms with van der Waals surface area (Å²) >= 11 is 11.8. The number of nitrogens with zero attached hydrogens (tertiary/aromatic N) is 1. The van der Waals surface area contributed by atoms with Crippen LogP contribution in [0.15, 0.2) is 42.5 Å². The van der Waals surface area contributed by atoms with E-state index in [1.807, 2.05) is 0 Å². The zero-order chi connectivity index (χ0) is 21.0. The van der Waals surface area contributed by atoms with Crippen LogP contribution in [0.25, 0.3) is 0 Å². The molecule has 9 heteroatoms. The van der Waals surface area contributed by atoms with Gasteiger partial charge in [0.25, 0.3) is 5.91 Å². The molecule has 1 aliphatic rings. The van der Waals surface area contributed by atoms with Gasteiger partial charge in [0.1, 0.15) is 5.75 Å². The van der Waals surface area contributed by atoms with Gasteiger partial charge in [0.2, 0.25) is 5.91 Å². The number of hydrogen-bond acceptors (Lipinski definition) is 5. The van der Waals surface area contributed by atoms with Crippen molar-refractivity contribution in [2.45, 2.75) is 6.42 Å². The highest BCUT2D eigenvalue weighted by Crippen LogP contribution is 2.28. The monoisotopic (exact) mass is 436 g/mol. The standard InChI is InChI=1S/C20H18Cl2N2O5/c1-28-15-5-3-14(4-6-15)24-10-12(8-19(24)26)20(27)29-11-18(25)23-17-7-2-13(21)9-16(17)22/h2-7,9,12H,8,10-11H2,1H3,(H,23,25). The van der Waals surface area contributed by atoms with Crippen LogP contribution in [0, 0.1) is 5.92 Å². The first kappa shape index (κ1) is 21.0. The average molecular weight is 437 g/mol. The van der Waals surface area contributed by atoms with Crippen LogP contribution in [-0.4, -0.2) is 38.0 Å². The third kappa shape index (κ3) is 5.19. The molecule has 0 aliphatic carbocycles. The van der Waals surface area contributed by atoms with Gasteiger partial charge in [-0.15, -0.1) is 0 Å². The Labute approximate surface area is 177 Å². The molecule has 1 aliphatic heterocycles. The van der Waals surface area contributed by atoms with Gasteiger partial charge in [0, 0.05) is 23.7 Å². The molecule has 1 N–H and O–H groups in total. The smallest absolute Gasteiger partial charge is 0.311 e. The van der Waals surface area contributed by atoms with E-state index in [4.69, 9.17) is 32.7 Å². The highest BCUT2D eigenvalue weighted by atomic mass is 35.5. The Morgan fingerprint density at radius 3 is 2.55 bits per heavy atom. The lowest BCUT2D eigenvalue weighted by molar-refractivity contribution is -0.151. The summed E-state index contributed by atoms with van der Waals surface area (Å²) in [5.74, 6) is -1.31. The van der Waals surface area contributed by atoms with Crippen LogP contribution in [0.1, 0.15) is 6.42 Å². The number of rotatable bonds is 6.